The van der Waals surface area contributed by atoms with Crippen molar-refractivity contribution in [1.82, 2.24) is 10.6 Å². The van der Waals surface area contributed by atoms with Crippen molar-refractivity contribution >= 4 is 5.91 Å². The molecule has 4 nitrogen and oxygen atoms in total. The predicted molar refractivity (Wildman–Crippen MR) is 64.3 cm³/mol. The van der Waals surface area contributed by atoms with Gasteiger partial charge in [0.25, 0.3) is 0 Å². The van der Waals surface area contributed by atoms with E-state index in [-0.39, 0.29) is 18.6 Å². The van der Waals surface area contributed by atoms with Gasteiger partial charge in [-0.15, -0.1) is 0 Å². The fourth-order valence-electron chi connectivity index (χ4n) is 1.74. The van der Waals surface area contributed by atoms with Crippen molar-refractivity contribution in [3.8, 4) is 0 Å². The van der Waals surface area contributed by atoms with Gasteiger partial charge in [0.05, 0.1) is 6.10 Å². The molecule has 16 heavy (non-hydrogen) atoms. The molecule has 4 heteroatoms. The van der Waals surface area contributed by atoms with Gasteiger partial charge in [-0.05, 0) is 45.2 Å². The molecule has 1 saturated heterocycles. The zero-order chi connectivity index (χ0) is 11.8. The van der Waals surface area contributed by atoms with E-state index in [1.807, 2.05) is 6.92 Å². The molecule has 1 amide bonds. The monoisotopic (exact) mass is 228 g/mol. The topological polar surface area (TPSA) is 50.4 Å². The molecule has 1 rings (SSSR count). The first-order valence-corrected chi connectivity index (χ1v) is 6.31. The molecule has 0 aromatic heterocycles. The minimum Gasteiger partial charge on any atom is -0.369 e. The highest BCUT2D eigenvalue weighted by Gasteiger charge is 2.13. The van der Waals surface area contributed by atoms with Crippen LogP contribution in [0.5, 0.6) is 0 Å². The standard InChI is InChI=1S/C12H24N2O2/c1-3-10(2)16-9-12(15)14-8-11-5-4-6-13-7-11/h10-11,13H,3-9H2,1-2H3,(H,14,15). The van der Waals surface area contributed by atoms with Crippen LogP contribution in [0.25, 0.3) is 0 Å². The van der Waals surface area contributed by atoms with Gasteiger partial charge in [0, 0.05) is 6.54 Å². The summed E-state index contributed by atoms with van der Waals surface area (Å²) in [7, 11) is 0. The SMILES string of the molecule is CCC(C)OCC(=O)NCC1CCCNC1. The van der Waals surface area contributed by atoms with Crippen LogP contribution >= 0.6 is 0 Å². The van der Waals surface area contributed by atoms with Crippen LogP contribution < -0.4 is 10.6 Å². The fourth-order valence-corrected chi connectivity index (χ4v) is 1.74. The van der Waals surface area contributed by atoms with E-state index < -0.39 is 0 Å². The molecule has 1 aliphatic heterocycles. The number of nitrogens with one attached hydrogen (secondary N) is 2. The molecule has 1 heterocycles. The van der Waals surface area contributed by atoms with Gasteiger partial charge in [0.15, 0.2) is 0 Å². The van der Waals surface area contributed by atoms with Crippen LogP contribution in [0.3, 0.4) is 0 Å². The maximum atomic E-state index is 11.4. The van der Waals surface area contributed by atoms with Crippen molar-refractivity contribution in [2.24, 2.45) is 5.92 Å². The van der Waals surface area contributed by atoms with Crippen LogP contribution in [-0.2, 0) is 9.53 Å². The fraction of sp³-hybridized carbons (Fsp3) is 0.917. The van der Waals surface area contributed by atoms with Gasteiger partial charge in [0.2, 0.25) is 5.91 Å². The Balaban J connectivity index is 2.05. The molecular weight excluding hydrogens is 204 g/mol. The van der Waals surface area contributed by atoms with Gasteiger partial charge in [0.1, 0.15) is 6.61 Å². The third-order valence-corrected chi connectivity index (χ3v) is 3.06. The molecule has 0 aliphatic carbocycles. The lowest BCUT2D eigenvalue weighted by molar-refractivity contribution is -0.127. The van der Waals surface area contributed by atoms with Crippen LogP contribution in [0.15, 0.2) is 0 Å². The normalized spacial score (nSPS) is 22.8. The van der Waals surface area contributed by atoms with Gasteiger partial charge in [-0.25, -0.2) is 0 Å². The highest BCUT2D eigenvalue weighted by Crippen LogP contribution is 2.07. The number of carbonyl (C=O) groups is 1. The van der Waals surface area contributed by atoms with E-state index in [0.717, 1.165) is 26.1 Å². The maximum Gasteiger partial charge on any atom is 0.246 e. The summed E-state index contributed by atoms with van der Waals surface area (Å²) in [5.74, 6) is 0.590. The minimum absolute atomic E-state index is 0.00544. The first-order chi connectivity index (χ1) is 7.72. The number of amides is 1. The zero-order valence-electron chi connectivity index (χ0n) is 10.4. The molecule has 0 bridgehead atoms. The maximum absolute atomic E-state index is 11.4. The van der Waals surface area contributed by atoms with Gasteiger partial charge in [-0.1, -0.05) is 6.92 Å². The first-order valence-electron chi connectivity index (χ1n) is 6.31. The second-order valence-corrected chi connectivity index (χ2v) is 4.55. The van der Waals surface area contributed by atoms with E-state index in [9.17, 15) is 4.79 Å². The smallest absolute Gasteiger partial charge is 0.246 e. The summed E-state index contributed by atoms with van der Waals surface area (Å²) in [6.45, 7) is 7.13. The van der Waals surface area contributed by atoms with E-state index in [1.165, 1.54) is 12.8 Å². The largest absolute Gasteiger partial charge is 0.369 e. The second-order valence-electron chi connectivity index (χ2n) is 4.55. The highest BCUT2D eigenvalue weighted by molar-refractivity contribution is 5.77. The Bertz CT molecular complexity index is 203. The Labute approximate surface area is 98.1 Å². The van der Waals surface area contributed by atoms with Crippen LogP contribution in [0.1, 0.15) is 33.1 Å². The molecule has 0 spiro atoms. The summed E-state index contributed by atoms with van der Waals surface area (Å²) in [6, 6.07) is 0. The zero-order valence-corrected chi connectivity index (χ0v) is 10.4. The Morgan fingerprint density at radius 1 is 1.62 bits per heavy atom. The molecule has 2 atom stereocenters. The van der Waals surface area contributed by atoms with Crippen molar-refractivity contribution in [2.45, 2.75) is 39.2 Å². The van der Waals surface area contributed by atoms with Gasteiger partial charge in [-0.3, -0.25) is 4.79 Å². The molecule has 0 radical (unpaired) electrons. The summed E-state index contributed by atoms with van der Waals surface area (Å²) < 4.78 is 5.37. The lowest BCUT2D eigenvalue weighted by atomic mass is 10.00. The van der Waals surface area contributed by atoms with E-state index in [4.69, 9.17) is 4.74 Å². The van der Waals surface area contributed by atoms with Crippen molar-refractivity contribution in [3.63, 3.8) is 0 Å². The van der Waals surface area contributed by atoms with Crippen LogP contribution in [0, 0.1) is 5.92 Å². The molecule has 0 saturated carbocycles. The molecule has 94 valence electrons. The summed E-state index contributed by atoms with van der Waals surface area (Å²) in [4.78, 5) is 11.4. The van der Waals surface area contributed by atoms with Gasteiger partial charge < -0.3 is 15.4 Å². The van der Waals surface area contributed by atoms with Crippen molar-refractivity contribution < 1.29 is 9.53 Å². The summed E-state index contributed by atoms with van der Waals surface area (Å²) in [5.41, 5.74) is 0. The van der Waals surface area contributed by atoms with Crippen LogP contribution in [0.4, 0.5) is 0 Å². The van der Waals surface area contributed by atoms with E-state index in [2.05, 4.69) is 17.6 Å². The van der Waals surface area contributed by atoms with Crippen molar-refractivity contribution in [2.75, 3.05) is 26.2 Å². The average molecular weight is 228 g/mol. The van der Waals surface area contributed by atoms with Crippen LogP contribution in [0.2, 0.25) is 0 Å². The number of carbonyl (C=O) groups excluding carboxylic acids is 1. The Morgan fingerprint density at radius 2 is 2.44 bits per heavy atom. The number of hydrogen-bond donors (Lipinski definition) is 2. The molecule has 1 fully saturated rings. The Hall–Kier alpha value is -0.610. The van der Waals surface area contributed by atoms with E-state index in [0.29, 0.717) is 5.92 Å². The molecular formula is C12H24N2O2. The molecule has 0 aromatic carbocycles. The van der Waals surface area contributed by atoms with Crippen LogP contribution in [-0.4, -0.2) is 38.3 Å². The lowest BCUT2D eigenvalue weighted by Crippen LogP contribution is -2.39. The number of rotatable bonds is 6. The number of hydrogen-bond acceptors (Lipinski definition) is 3. The highest BCUT2D eigenvalue weighted by atomic mass is 16.5. The summed E-state index contributed by atoms with van der Waals surface area (Å²) >= 11 is 0. The third-order valence-electron chi connectivity index (χ3n) is 3.06. The van der Waals surface area contributed by atoms with E-state index >= 15 is 0 Å². The first kappa shape index (κ1) is 13.5. The molecule has 1 aliphatic rings. The summed E-state index contributed by atoms with van der Waals surface area (Å²) in [5, 5.41) is 6.26. The third kappa shape index (κ3) is 5.47. The minimum atomic E-state index is 0.00544. The quantitative estimate of drug-likeness (QED) is 0.710. The number of piperidine rings is 1. The Morgan fingerprint density at radius 3 is 3.06 bits per heavy atom. The second kappa shape index (κ2) is 7.63. The molecule has 2 unspecified atom stereocenters. The predicted octanol–water partition coefficient (Wildman–Crippen LogP) is 0.917. The average Bonchev–Trinajstić information content (AvgIpc) is 2.34. The van der Waals surface area contributed by atoms with Gasteiger partial charge >= 0.3 is 0 Å². The number of ether oxygens (including phenoxy) is 1. The van der Waals surface area contributed by atoms with Gasteiger partial charge in [-0.2, -0.15) is 0 Å². The van der Waals surface area contributed by atoms with Crippen molar-refractivity contribution in [1.29, 1.82) is 0 Å². The van der Waals surface area contributed by atoms with E-state index in [1.54, 1.807) is 0 Å². The summed E-state index contributed by atoms with van der Waals surface area (Å²) in [6.07, 6.45) is 3.53. The molecule has 2 N–H and O–H groups in total. The molecule has 0 aromatic rings. The Kier molecular flexibility index (Phi) is 6.42. The lowest BCUT2D eigenvalue weighted by Gasteiger charge is -2.23. The van der Waals surface area contributed by atoms with Crippen molar-refractivity contribution in [3.05, 3.63) is 0 Å².